The fourth-order valence-electron chi connectivity index (χ4n) is 3.23. The zero-order valence-electron chi connectivity index (χ0n) is 16.0. The normalized spacial score (nSPS) is 14.8. The lowest BCUT2D eigenvalue weighted by Gasteiger charge is -2.33. The molecule has 0 N–H and O–H groups in total. The second-order valence-electron chi connectivity index (χ2n) is 6.78. The van der Waals surface area contributed by atoms with Crippen LogP contribution in [0.4, 0.5) is 0 Å². The van der Waals surface area contributed by atoms with Crippen LogP contribution >= 0.6 is 0 Å². The van der Waals surface area contributed by atoms with E-state index in [1.54, 1.807) is 30.1 Å². The van der Waals surface area contributed by atoms with Gasteiger partial charge in [0.15, 0.2) is 0 Å². The second-order valence-corrected chi connectivity index (χ2v) is 6.78. The molecule has 0 atom stereocenters. The first-order chi connectivity index (χ1) is 13.1. The lowest BCUT2D eigenvalue weighted by molar-refractivity contribution is 0.0637. The maximum Gasteiger partial charge on any atom is 0.272 e. The summed E-state index contributed by atoms with van der Waals surface area (Å²) < 4.78 is 0. The summed E-state index contributed by atoms with van der Waals surface area (Å²) in [5.41, 5.74) is 1.68. The van der Waals surface area contributed by atoms with E-state index < -0.39 is 0 Å². The van der Waals surface area contributed by atoms with Gasteiger partial charge >= 0.3 is 0 Å². The third-order valence-corrected chi connectivity index (χ3v) is 4.90. The lowest BCUT2D eigenvalue weighted by atomic mass is 10.2. The molecule has 1 saturated heterocycles. The van der Waals surface area contributed by atoms with Crippen LogP contribution in [0.1, 0.15) is 33.5 Å². The lowest BCUT2D eigenvalue weighted by Crippen LogP contribution is -2.48. The highest BCUT2D eigenvalue weighted by atomic mass is 16.2. The number of rotatable bonds is 5. The van der Waals surface area contributed by atoms with Crippen molar-refractivity contribution in [3.63, 3.8) is 0 Å². The molecule has 0 unspecified atom stereocenters. The van der Waals surface area contributed by atoms with Gasteiger partial charge in [0.25, 0.3) is 11.8 Å². The molecule has 3 rings (SSSR count). The van der Waals surface area contributed by atoms with Crippen LogP contribution in [0.2, 0.25) is 0 Å². The molecular formula is C21H26N4O2. The number of benzene rings is 1. The van der Waals surface area contributed by atoms with Gasteiger partial charge < -0.3 is 14.7 Å². The van der Waals surface area contributed by atoms with Crippen molar-refractivity contribution in [2.75, 3.05) is 39.8 Å². The minimum absolute atomic E-state index is 0.105. The van der Waals surface area contributed by atoms with Crippen LogP contribution in [0, 0.1) is 0 Å². The molecule has 0 radical (unpaired) electrons. The Morgan fingerprint density at radius 3 is 2.30 bits per heavy atom. The van der Waals surface area contributed by atoms with Crippen molar-refractivity contribution in [1.82, 2.24) is 19.7 Å². The third kappa shape index (κ3) is 4.71. The minimum Gasteiger partial charge on any atom is -0.336 e. The van der Waals surface area contributed by atoms with Gasteiger partial charge in [0.05, 0.1) is 0 Å². The number of carbonyl (C=O) groups excluding carboxylic acids is 2. The molecule has 2 heterocycles. The summed E-state index contributed by atoms with van der Waals surface area (Å²) in [7, 11) is 1.75. The molecule has 1 fully saturated rings. The molecule has 1 aromatic carbocycles. The highest BCUT2D eigenvalue weighted by Crippen LogP contribution is 2.11. The van der Waals surface area contributed by atoms with E-state index in [9.17, 15) is 9.59 Å². The first kappa shape index (κ1) is 19.0. The molecule has 1 aliphatic heterocycles. The first-order valence-corrected chi connectivity index (χ1v) is 9.36. The summed E-state index contributed by atoms with van der Waals surface area (Å²) in [6, 6.07) is 14.9. The average Bonchev–Trinajstić information content (AvgIpc) is 2.73. The average molecular weight is 366 g/mol. The Morgan fingerprint density at radius 1 is 0.963 bits per heavy atom. The Bertz CT molecular complexity index is 786. The Hall–Kier alpha value is -2.73. The predicted molar refractivity (Wildman–Crippen MR) is 104 cm³/mol. The Labute approximate surface area is 160 Å². The van der Waals surface area contributed by atoms with Crippen LogP contribution in [0.5, 0.6) is 0 Å². The van der Waals surface area contributed by atoms with Crippen molar-refractivity contribution < 1.29 is 9.59 Å². The first-order valence-electron chi connectivity index (χ1n) is 9.36. The fraction of sp³-hybridized carbons (Fsp3) is 0.381. The second kappa shape index (κ2) is 8.77. The maximum absolute atomic E-state index is 12.8. The molecule has 27 heavy (non-hydrogen) atoms. The van der Waals surface area contributed by atoms with E-state index in [1.165, 1.54) is 0 Å². The van der Waals surface area contributed by atoms with Gasteiger partial charge in [-0.05, 0) is 24.2 Å². The molecule has 6 heteroatoms. The standard InChI is InChI=1S/C21H26N4O2/c1-3-24-12-14-25(15-13-24)21(27)19-11-7-10-18(22-19)20(26)23(2)16-17-8-5-4-6-9-17/h4-11H,3,12-16H2,1-2H3. The predicted octanol–water partition coefficient (Wildman–Crippen LogP) is 2.13. The van der Waals surface area contributed by atoms with Gasteiger partial charge in [-0.3, -0.25) is 9.59 Å². The number of hydrogen-bond donors (Lipinski definition) is 0. The Morgan fingerprint density at radius 2 is 1.63 bits per heavy atom. The molecular weight excluding hydrogens is 340 g/mol. The van der Waals surface area contributed by atoms with Crippen LogP contribution < -0.4 is 0 Å². The minimum atomic E-state index is -0.190. The molecule has 2 amide bonds. The number of likely N-dealkylation sites (N-methyl/N-ethyl adjacent to an activating group) is 1. The summed E-state index contributed by atoms with van der Waals surface area (Å²) >= 11 is 0. The van der Waals surface area contributed by atoms with Crippen LogP contribution in [0.25, 0.3) is 0 Å². The van der Waals surface area contributed by atoms with E-state index in [-0.39, 0.29) is 11.8 Å². The van der Waals surface area contributed by atoms with Crippen molar-refractivity contribution >= 4 is 11.8 Å². The molecule has 0 saturated carbocycles. The molecule has 142 valence electrons. The molecule has 0 bridgehead atoms. The topological polar surface area (TPSA) is 56.8 Å². The quantitative estimate of drug-likeness (QED) is 0.813. The zero-order valence-corrected chi connectivity index (χ0v) is 16.0. The van der Waals surface area contributed by atoms with Gasteiger partial charge in [0.1, 0.15) is 11.4 Å². The van der Waals surface area contributed by atoms with E-state index >= 15 is 0 Å². The van der Waals surface area contributed by atoms with Crippen LogP contribution in [0.3, 0.4) is 0 Å². The van der Waals surface area contributed by atoms with Crippen molar-refractivity contribution in [2.24, 2.45) is 0 Å². The molecule has 0 spiro atoms. The number of pyridine rings is 1. The van der Waals surface area contributed by atoms with Crippen LogP contribution in [0.15, 0.2) is 48.5 Å². The number of carbonyl (C=O) groups is 2. The van der Waals surface area contributed by atoms with E-state index in [0.717, 1.165) is 25.2 Å². The van der Waals surface area contributed by atoms with Gasteiger partial charge in [-0.2, -0.15) is 0 Å². The molecule has 1 aliphatic rings. The van der Waals surface area contributed by atoms with Gasteiger partial charge in [0, 0.05) is 39.8 Å². The number of aromatic nitrogens is 1. The van der Waals surface area contributed by atoms with Crippen molar-refractivity contribution in [3.05, 3.63) is 65.5 Å². The maximum atomic E-state index is 12.8. The van der Waals surface area contributed by atoms with E-state index in [1.807, 2.05) is 35.2 Å². The summed E-state index contributed by atoms with van der Waals surface area (Å²) in [4.78, 5) is 35.6. The van der Waals surface area contributed by atoms with E-state index in [4.69, 9.17) is 0 Å². The molecule has 0 aliphatic carbocycles. The van der Waals surface area contributed by atoms with Gasteiger partial charge in [-0.1, -0.05) is 43.3 Å². The smallest absolute Gasteiger partial charge is 0.272 e. The van der Waals surface area contributed by atoms with Gasteiger partial charge in [-0.15, -0.1) is 0 Å². The van der Waals surface area contributed by atoms with Crippen molar-refractivity contribution in [3.8, 4) is 0 Å². The zero-order chi connectivity index (χ0) is 19.2. The number of nitrogens with zero attached hydrogens (tertiary/aromatic N) is 4. The molecule has 2 aromatic rings. The highest BCUT2D eigenvalue weighted by molar-refractivity contribution is 5.96. The Kier molecular flexibility index (Phi) is 6.19. The van der Waals surface area contributed by atoms with E-state index in [2.05, 4.69) is 16.8 Å². The highest BCUT2D eigenvalue weighted by Gasteiger charge is 2.23. The van der Waals surface area contributed by atoms with Crippen LogP contribution in [-0.2, 0) is 6.54 Å². The van der Waals surface area contributed by atoms with Gasteiger partial charge in [0.2, 0.25) is 0 Å². The Balaban J connectivity index is 1.67. The number of hydrogen-bond acceptors (Lipinski definition) is 4. The summed E-state index contributed by atoms with van der Waals surface area (Å²) in [5.74, 6) is -0.296. The summed E-state index contributed by atoms with van der Waals surface area (Å²) in [5, 5.41) is 0. The molecule has 6 nitrogen and oxygen atoms in total. The summed E-state index contributed by atoms with van der Waals surface area (Å²) in [6.07, 6.45) is 0. The van der Waals surface area contributed by atoms with Crippen molar-refractivity contribution in [1.29, 1.82) is 0 Å². The number of amides is 2. The van der Waals surface area contributed by atoms with Crippen LogP contribution in [-0.4, -0.2) is 71.3 Å². The largest absolute Gasteiger partial charge is 0.336 e. The monoisotopic (exact) mass is 366 g/mol. The SMILES string of the molecule is CCN1CCN(C(=O)c2cccc(C(=O)N(C)Cc3ccccc3)n2)CC1. The third-order valence-electron chi connectivity index (χ3n) is 4.90. The number of piperazine rings is 1. The molecule has 1 aromatic heterocycles. The van der Waals surface area contributed by atoms with E-state index in [0.29, 0.717) is 31.0 Å². The van der Waals surface area contributed by atoms with Gasteiger partial charge in [-0.25, -0.2) is 4.98 Å². The van der Waals surface area contributed by atoms with Crippen molar-refractivity contribution in [2.45, 2.75) is 13.5 Å². The summed E-state index contributed by atoms with van der Waals surface area (Å²) in [6.45, 7) is 6.76. The fourth-order valence-corrected chi connectivity index (χ4v) is 3.23.